The van der Waals surface area contributed by atoms with Crippen molar-refractivity contribution >= 4 is 15.9 Å². The van der Waals surface area contributed by atoms with Crippen molar-refractivity contribution in [3.63, 3.8) is 0 Å². The summed E-state index contributed by atoms with van der Waals surface area (Å²) in [6.45, 7) is 3.35. The van der Waals surface area contributed by atoms with Crippen molar-refractivity contribution in [2.45, 2.75) is 13.0 Å². The van der Waals surface area contributed by atoms with Crippen molar-refractivity contribution < 1.29 is 14.6 Å². The van der Waals surface area contributed by atoms with E-state index >= 15 is 0 Å². The Labute approximate surface area is 128 Å². The fourth-order valence-electron chi connectivity index (χ4n) is 1.90. The normalized spacial score (nSPS) is 10.6. The highest BCUT2D eigenvalue weighted by Crippen LogP contribution is 2.34. The maximum absolute atomic E-state index is 8.64. The summed E-state index contributed by atoms with van der Waals surface area (Å²) in [6, 6.07) is 3.92. The van der Waals surface area contributed by atoms with Crippen LogP contribution in [0.1, 0.15) is 12.0 Å². The van der Waals surface area contributed by atoms with Gasteiger partial charge in [-0.2, -0.15) is 0 Å². The molecule has 0 unspecified atom stereocenters. The summed E-state index contributed by atoms with van der Waals surface area (Å²) in [4.78, 5) is 0. The zero-order chi connectivity index (χ0) is 14.8. The van der Waals surface area contributed by atoms with Gasteiger partial charge in [0.2, 0.25) is 0 Å². The molecule has 0 radical (unpaired) electrons. The summed E-state index contributed by atoms with van der Waals surface area (Å²) in [7, 11) is 3.28. The fourth-order valence-corrected chi connectivity index (χ4v) is 2.39. The Kier molecular flexibility index (Phi) is 8.60. The number of aliphatic hydroxyl groups is 1. The van der Waals surface area contributed by atoms with Crippen molar-refractivity contribution in [3.05, 3.63) is 22.2 Å². The lowest BCUT2D eigenvalue weighted by atomic mass is 10.2. The highest BCUT2D eigenvalue weighted by molar-refractivity contribution is 9.10. The van der Waals surface area contributed by atoms with E-state index in [4.69, 9.17) is 14.6 Å². The Morgan fingerprint density at radius 3 is 2.50 bits per heavy atom. The Balaban J connectivity index is 2.45. The van der Waals surface area contributed by atoms with Crippen LogP contribution in [-0.4, -0.2) is 45.6 Å². The lowest BCUT2D eigenvalue weighted by molar-refractivity contribution is 0.292. The molecule has 0 fully saturated rings. The highest BCUT2D eigenvalue weighted by Gasteiger charge is 2.11. The molecule has 1 rings (SSSR count). The maximum Gasteiger partial charge on any atom is 0.165 e. The van der Waals surface area contributed by atoms with Gasteiger partial charge in [-0.3, -0.25) is 0 Å². The number of hydrogen-bond acceptors (Lipinski definition) is 5. The molecule has 1 aromatic rings. The Morgan fingerprint density at radius 1 is 1.10 bits per heavy atom. The Hall–Kier alpha value is -0.820. The van der Waals surface area contributed by atoms with Crippen LogP contribution in [0.4, 0.5) is 0 Å². The molecule has 0 aliphatic carbocycles. The standard InChI is InChI=1S/C14H23BrN2O3/c1-19-13-9-12(15)8-11(14(13)20-2)10-17-5-3-4-16-6-7-18/h8-9,16-18H,3-7,10H2,1-2H3. The number of rotatable bonds is 10. The lowest BCUT2D eigenvalue weighted by Gasteiger charge is -2.14. The van der Waals surface area contributed by atoms with E-state index < -0.39 is 0 Å². The summed E-state index contributed by atoms with van der Waals surface area (Å²) in [6.07, 6.45) is 1.01. The van der Waals surface area contributed by atoms with E-state index in [1.807, 2.05) is 12.1 Å². The average Bonchev–Trinajstić information content (AvgIpc) is 2.45. The number of aliphatic hydroxyl groups excluding tert-OH is 1. The van der Waals surface area contributed by atoms with Gasteiger partial charge in [0.1, 0.15) is 0 Å². The van der Waals surface area contributed by atoms with Crippen molar-refractivity contribution in [1.82, 2.24) is 10.6 Å². The third-order valence-electron chi connectivity index (χ3n) is 2.83. The summed E-state index contributed by atoms with van der Waals surface area (Å²) < 4.78 is 11.7. The number of ether oxygens (including phenoxy) is 2. The molecule has 0 amide bonds. The van der Waals surface area contributed by atoms with Gasteiger partial charge in [0.15, 0.2) is 11.5 Å². The molecule has 6 heteroatoms. The van der Waals surface area contributed by atoms with Gasteiger partial charge in [-0.05, 0) is 31.6 Å². The predicted octanol–water partition coefficient (Wildman–Crippen LogP) is 1.53. The van der Waals surface area contributed by atoms with E-state index in [-0.39, 0.29) is 6.61 Å². The van der Waals surface area contributed by atoms with Gasteiger partial charge in [0.05, 0.1) is 20.8 Å². The van der Waals surface area contributed by atoms with Crippen LogP contribution in [0.25, 0.3) is 0 Å². The second-order valence-corrected chi connectivity index (χ2v) is 5.22. The number of halogens is 1. The van der Waals surface area contributed by atoms with E-state index in [1.54, 1.807) is 14.2 Å². The molecule has 0 atom stereocenters. The van der Waals surface area contributed by atoms with Crippen LogP contribution >= 0.6 is 15.9 Å². The van der Waals surface area contributed by atoms with E-state index in [1.165, 1.54) is 0 Å². The molecule has 0 bridgehead atoms. The van der Waals surface area contributed by atoms with E-state index in [2.05, 4.69) is 26.6 Å². The lowest BCUT2D eigenvalue weighted by Crippen LogP contribution is -2.24. The van der Waals surface area contributed by atoms with Crippen LogP contribution in [0.2, 0.25) is 0 Å². The van der Waals surface area contributed by atoms with E-state index in [9.17, 15) is 0 Å². The number of nitrogens with one attached hydrogen (secondary N) is 2. The largest absolute Gasteiger partial charge is 0.493 e. The van der Waals surface area contributed by atoms with Gasteiger partial charge in [-0.25, -0.2) is 0 Å². The van der Waals surface area contributed by atoms with Crippen LogP contribution in [-0.2, 0) is 6.54 Å². The molecule has 0 spiro atoms. The predicted molar refractivity (Wildman–Crippen MR) is 83.5 cm³/mol. The van der Waals surface area contributed by atoms with Crippen LogP contribution in [0, 0.1) is 0 Å². The van der Waals surface area contributed by atoms with Crippen LogP contribution in [0.15, 0.2) is 16.6 Å². The number of benzene rings is 1. The minimum absolute atomic E-state index is 0.183. The third kappa shape index (κ3) is 5.66. The zero-order valence-corrected chi connectivity index (χ0v) is 13.6. The fraction of sp³-hybridized carbons (Fsp3) is 0.571. The quantitative estimate of drug-likeness (QED) is 0.561. The van der Waals surface area contributed by atoms with Gasteiger partial charge in [-0.15, -0.1) is 0 Å². The molecule has 20 heavy (non-hydrogen) atoms. The minimum Gasteiger partial charge on any atom is -0.493 e. The maximum atomic E-state index is 8.64. The SMILES string of the molecule is COc1cc(Br)cc(CNCCCNCCO)c1OC. The first-order chi connectivity index (χ1) is 9.72. The Morgan fingerprint density at radius 2 is 1.85 bits per heavy atom. The van der Waals surface area contributed by atoms with E-state index in [0.29, 0.717) is 6.54 Å². The van der Waals surface area contributed by atoms with Gasteiger partial charge in [-0.1, -0.05) is 15.9 Å². The molecule has 5 nitrogen and oxygen atoms in total. The molecular weight excluding hydrogens is 324 g/mol. The van der Waals surface area contributed by atoms with Crippen molar-refractivity contribution in [1.29, 1.82) is 0 Å². The van der Waals surface area contributed by atoms with Gasteiger partial charge in [0.25, 0.3) is 0 Å². The second-order valence-electron chi connectivity index (χ2n) is 4.30. The first-order valence-corrected chi connectivity index (χ1v) is 7.45. The van der Waals surface area contributed by atoms with Crippen LogP contribution < -0.4 is 20.1 Å². The summed E-state index contributed by atoms with van der Waals surface area (Å²) in [5.41, 5.74) is 1.06. The molecule has 1 aromatic carbocycles. The van der Waals surface area contributed by atoms with Crippen molar-refractivity contribution in [3.8, 4) is 11.5 Å². The minimum atomic E-state index is 0.183. The first kappa shape index (κ1) is 17.2. The Bertz CT molecular complexity index is 402. The third-order valence-corrected chi connectivity index (χ3v) is 3.29. The van der Waals surface area contributed by atoms with Crippen LogP contribution in [0.3, 0.4) is 0 Å². The molecule has 0 saturated heterocycles. The smallest absolute Gasteiger partial charge is 0.165 e. The molecule has 0 aliphatic heterocycles. The summed E-state index contributed by atoms with van der Waals surface area (Å²) >= 11 is 3.47. The van der Waals surface area contributed by atoms with Gasteiger partial charge < -0.3 is 25.2 Å². The number of methoxy groups -OCH3 is 2. The van der Waals surface area contributed by atoms with Gasteiger partial charge in [0, 0.05) is 23.1 Å². The van der Waals surface area contributed by atoms with Crippen LogP contribution in [0.5, 0.6) is 11.5 Å². The van der Waals surface area contributed by atoms with E-state index in [0.717, 1.165) is 47.6 Å². The average molecular weight is 347 g/mol. The molecule has 0 aromatic heterocycles. The first-order valence-electron chi connectivity index (χ1n) is 6.65. The molecule has 3 N–H and O–H groups in total. The summed E-state index contributed by atoms with van der Waals surface area (Å²) in [5.74, 6) is 1.49. The number of hydrogen-bond donors (Lipinski definition) is 3. The van der Waals surface area contributed by atoms with Crippen molar-refractivity contribution in [2.75, 3.05) is 40.5 Å². The van der Waals surface area contributed by atoms with Crippen molar-refractivity contribution in [2.24, 2.45) is 0 Å². The topological polar surface area (TPSA) is 62.8 Å². The van der Waals surface area contributed by atoms with Gasteiger partial charge >= 0.3 is 0 Å². The summed E-state index contributed by atoms with van der Waals surface area (Å²) in [5, 5.41) is 15.2. The molecule has 0 aliphatic rings. The molecule has 0 saturated carbocycles. The highest BCUT2D eigenvalue weighted by atomic mass is 79.9. The molecule has 0 heterocycles. The second kappa shape index (κ2) is 9.99. The molecular formula is C14H23BrN2O3. The zero-order valence-electron chi connectivity index (χ0n) is 12.0. The monoisotopic (exact) mass is 346 g/mol. The molecule has 114 valence electrons.